The molecule has 2 nitrogen and oxygen atoms in total. The molecule has 3 heteroatoms. The summed E-state index contributed by atoms with van der Waals surface area (Å²) in [5.74, 6) is -0.244. The molecule has 0 radical (unpaired) electrons. The molecule has 21 heavy (non-hydrogen) atoms. The molecule has 1 aromatic heterocycles. The summed E-state index contributed by atoms with van der Waals surface area (Å²) >= 11 is 1.64. The lowest BCUT2D eigenvalue weighted by atomic mass is 10.0. The second kappa shape index (κ2) is 5.70. The molecule has 106 valence electrons. The Morgan fingerprint density at radius 3 is 2.71 bits per heavy atom. The number of rotatable bonds is 3. The molecule has 0 unspecified atom stereocenters. The summed E-state index contributed by atoms with van der Waals surface area (Å²) in [6.45, 7) is 4.27. The van der Waals surface area contributed by atoms with Gasteiger partial charge in [-0.25, -0.2) is 4.79 Å². The van der Waals surface area contributed by atoms with Gasteiger partial charge in [-0.15, -0.1) is 11.3 Å². The summed E-state index contributed by atoms with van der Waals surface area (Å²) in [5, 5.41) is 0.970. The first-order valence-corrected chi connectivity index (χ1v) is 7.78. The lowest BCUT2D eigenvalue weighted by molar-refractivity contribution is 0.0530. The maximum absolute atomic E-state index is 12.4. The zero-order chi connectivity index (χ0) is 14.8. The van der Waals surface area contributed by atoms with Gasteiger partial charge in [0.1, 0.15) is 0 Å². The van der Waals surface area contributed by atoms with E-state index in [4.69, 9.17) is 4.74 Å². The van der Waals surface area contributed by atoms with Gasteiger partial charge in [-0.05, 0) is 25.5 Å². The maximum Gasteiger partial charge on any atom is 0.340 e. The van der Waals surface area contributed by atoms with Crippen LogP contribution in [0, 0.1) is 6.92 Å². The lowest BCUT2D eigenvalue weighted by Gasteiger charge is -2.05. The van der Waals surface area contributed by atoms with Gasteiger partial charge >= 0.3 is 5.97 Å². The quantitative estimate of drug-likeness (QED) is 0.632. The van der Waals surface area contributed by atoms with E-state index in [1.807, 2.05) is 43.3 Å². The van der Waals surface area contributed by atoms with E-state index in [-0.39, 0.29) is 5.97 Å². The van der Waals surface area contributed by atoms with Gasteiger partial charge in [0, 0.05) is 10.1 Å². The number of esters is 1. The molecule has 0 aliphatic heterocycles. The number of ether oxygens (including phenoxy) is 1. The second-order valence-electron chi connectivity index (χ2n) is 4.89. The van der Waals surface area contributed by atoms with Crippen LogP contribution in [-0.2, 0) is 4.74 Å². The lowest BCUT2D eigenvalue weighted by Crippen LogP contribution is -2.05. The highest BCUT2D eigenvalue weighted by molar-refractivity contribution is 7.22. The SMILES string of the molecule is CCOC(=O)c1c(-c2cccc(C)c2)sc2ccccc12. The van der Waals surface area contributed by atoms with Gasteiger partial charge in [0.25, 0.3) is 0 Å². The number of aryl methyl sites for hydroxylation is 1. The van der Waals surface area contributed by atoms with Crippen molar-refractivity contribution < 1.29 is 9.53 Å². The van der Waals surface area contributed by atoms with Gasteiger partial charge in [0.2, 0.25) is 0 Å². The van der Waals surface area contributed by atoms with Crippen LogP contribution >= 0.6 is 11.3 Å². The van der Waals surface area contributed by atoms with E-state index in [9.17, 15) is 4.79 Å². The van der Waals surface area contributed by atoms with Crippen LogP contribution < -0.4 is 0 Å². The molecule has 0 saturated carbocycles. The summed E-state index contributed by atoms with van der Waals surface area (Å²) < 4.78 is 6.36. The minimum Gasteiger partial charge on any atom is -0.462 e. The van der Waals surface area contributed by atoms with Crippen molar-refractivity contribution in [3.8, 4) is 10.4 Å². The van der Waals surface area contributed by atoms with Crippen LogP contribution in [0.3, 0.4) is 0 Å². The molecule has 0 fully saturated rings. The fourth-order valence-electron chi connectivity index (χ4n) is 2.44. The van der Waals surface area contributed by atoms with Crippen molar-refractivity contribution in [2.45, 2.75) is 13.8 Å². The van der Waals surface area contributed by atoms with Gasteiger partial charge in [-0.2, -0.15) is 0 Å². The number of hydrogen-bond donors (Lipinski definition) is 0. The monoisotopic (exact) mass is 296 g/mol. The van der Waals surface area contributed by atoms with Crippen molar-refractivity contribution in [2.24, 2.45) is 0 Å². The van der Waals surface area contributed by atoms with Crippen LogP contribution in [0.2, 0.25) is 0 Å². The average molecular weight is 296 g/mol. The number of fused-ring (bicyclic) bond motifs is 1. The Kier molecular flexibility index (Phi) is 3.76. The molecular weight excluding hydrogens is 280 g/mol. The van der Waals surface area contributed by atoms with E-state index < -0.39 is 0 Å². The van der Waals surface area contributed by atoms with E-state index >= 15 is 0 Å². The van der Waals surface area contributed by atoms with E-state index in [1.165, 1.54) is 5.56 Å². The third-order valence-corrected chi connectivity index (χ3v) is 4.58. The Morgan fingerprint density at radius 1 is 1.14 bits per heavy atom. The Balaban J connectivity index is 2.26. The molecule has 0 aliphatic rings. The largest absolute Gasteiger partial charge is 0.462 e. The predicted molar refractivity (Wildman–Crippen MR) is 88.0 cm³/mol. The third kappa shape index (κ3) is 2.57. The van der Waals surface area contributed by atoms with Gasteiger partial charge in [0.15, 0.2) is 0 Å². The van der Waals surface area contributed by atoms with Crippen LogP contribution in [0.4, 0.5) is 0 Å². The minimum absolute atomic E-state index is 0.244. The van der Waals surface area contributed by atoms with Gasteiger partial charge < -0.3 is 4.74 Å². The van der Waals surface area contributed by atoms with Crippen LogP contribution in [0.5, 0.6) is 0 Å². The van der Waals surface area contributed by atoms with Crippen molar-refractivity contribution in [3.05, 3.63) is 59.7 Å². The molecular formula is C18H16O2S. The fourth-order valence-corrected chi connectivity index (χ4v) is 3.63. The Hall–Kier alpha value is -2.13. The first-order chi connectivity index (χ1) is 10.2. The standard InChI is InChI=1S/C18H16O2S/c1-3-20-18(19)16-14-9-4-5-10-15(14)21-17(16)13-8-6-7-12(2)11-13/h4-11H,3H2,1-2H3. The minimum atomic E-state index is -0.244. The molecule has 0 amide bonds. The summed E-state index contributed by atoms with van der Waals surface area (Å²) in [6, 6.07) is 16.2. The zero-order valence-electron chi connectivity index (χ0n) is 12.1. The highest BCUT2D eigenvalue weighted by Crippen LogP contribution is 2.39. The van der Waals surface area contributed by atoms with Crippen molar-refractivity contribution in [1.29, 1.82) is 0 Å². The van der Waals surface area contributed by atoms with Crippen molar-refractivity contribution in [1.82, 2.24) is 0 Å². The topological polar surface area (TPSA) is 26.3 Å². The molecule has 0 atom stereocenters. The molecule has 0 saturated heterocycles. The van der Waals surface area contributed by atoms with Crippen molar-refractivity contribution in [3.63, 3.8) is 0 Å². The highest BCUT2D eigenvalue weighted by atomic mass is 32.1. The molecule has 0 bridgehead atoms. The van der Waals surface area contributed by atoms with Crippen molar-refractivity contribution >= 4 is 27.4 Å². The van der Waals surface area contributed by atoms with Gasteiger partial charge in [-0.1, -0.05) is 48.0 Å². The normalized spacial score (nSPS) is 10.8. The average Bonchev–Trinajstić information content (AvgIpc) is 2.87. The summed E-state index contributed by atoms with van der Waals surface area (Å²) in [5.41, 5.74) is 2.93. The smallest absolute Gasteiger partial charge is 0.340 e. The molecule has 0 N–H and O–H groups in total. The predicted octanol–water partition coefficient (Wildman–Crippen LogP) is 5.05. The summed E-state index contributed by atoms with van der Waals surface area (Å²) in [6.07, 6.45) is 0. The number of carbonyl (C=O) groups is 1. The van der Waals surface area contributed by atoms with Crippen LogP contribution in [-0.4, -0.2) is 12.6 Å². The van der Waals surface area contributed by atoms with E-state index in [2.05, 4.69) is 19.1 Å². The number of thiophene rings is 1. The highest BCUT2D eigenvalue weighted by Gasteiger charge is 2.20. The maximum atomic E-state index is 12.4. The number of benzene rings is 2. The van der Waals surface area contributed by atoms with E-state index in [0.717, 1.165) is 20.5 Å². The molecule has 1 heterocycles. The molecule has 0 spiro atoms. The Labute approximate surface area is 128 Å². The Bertz CT molecular complexity index is 802. The van der Waals surface area contributed by atoms with E-state index in [0.29, 0.717) is 12.2 Å². The number of carbonyl (C=O) groups excluding carboxylic acids is 1. The second-order valence-corrected chi connectivity index (χ2v) is 5.94. The van der Waals surface area contributed by atoms with Gasteiger partial charge in [0.05, 0.1) is 17.0 Å². The van der Waals surface area contributed by atoms with Crippen LogP contribution in [0.1, 0.15) is 22.8 Å². The van der Waals surface area contributed by atoms with Crippen LogP contribution in [0.25, 0.3) is 20.5 Å². The summed E-state index contributed by atoms with van der Waals surface area (Å²) in [7, 11) is 0. The van der Waals surface area contributed by atoms with Gasteiger partial charge in [-0.3, -0.25) is 0 Å². The molecule has 0 aliphatic carbocycles. The Morgan fingerprint density at radius 2 is 1.95 bits per heavy atom. The fraction of sp³-hybridized carbons (Fsp3) is 0.167. The summed E-state index contributed by atoms with van der Waals surface area (Å²) in [4.78, 5) is 13.4. The molecule has 3 rings (SSSR count). The zero-order valence-corrected chi connectivity index (χ0v) is 12.9. The molecule has 2 aromatic carbocycles. The molecule has 3 aromatic rings. The first kappa shape index (κ1) is 13.8. The third-order valence-electron chi connectivity index (χ3n) is 3.36. The number of hydrogen-bond acceptors (Lipinski definition) is 3. The van der Waals surface area contributed by atoms with Crippen LogP contribution in [0.15, 0.2) is 48.5 Å². The van der Waals surface area contributed by atoms with E-state index in [1.54, 1.807) is 11.3 Å². The van der Waals surface area contributed by atoms with Crippen molar-refractivity contribution in [2.75, 3.05) is 6.61 Å². The first-order valence-electron chi connectivity index (χ1n) is 6.96.